The average molecular weight is 366 g/mol. The zero-order valence-corrected chi connectivity index (χ0v) is 15.5. The Hall–Kier alpha value is -1.70. The van der Waals surface area contributed by atoms with Gasteiger partial charge in [0.05, 0.1) is 6.61 Å². The quantitative estimate of drug-likeness (QED) is 0.883. The van der Waals surface area contributed by atoms with E-state index >= 15 is 0 Å². The van der Waals surface area contributed by atoms with Gasteiger partial charge in [-0.05, 0) is 32.6 Å². The molecular formula is C17H26N4O3S. The molecule has 138 valence electrons. The number of amides is 2. The molecule has 1 saturated carbocycles. The normalized spacial score (nSPS) is 19.6. The summed E-state index contributed by atoms with van der Waals surface area (Å²) in [5.74, 6) is 0.396. The summed E-state index contributed by atoms with van der Waals surface area (Å²) in [4.78, 5) is 25.8. The molecule has 2 amide bonds. The van der Waals surface area contributed by atoms with E-state index in [-0.39, 0.29) is 17.9 Å². The third kappa shape index (κ3) is 4.68. The first-order valence-electron chi connectivity index (χ1n) is 9.23. The van der Waals surface area contributed by atoms with Gasteiger partial charge in [-0.15, -0.1) is 10.2 Å². The summed E-state index contributed by atoms with van der Waals surface area (Å²) in [5.41, 5.74) is 0. The molecule has 2 fully saturated rings. The SMILES string of the molecule is CCOC(=O)N1CCC(C(=O)Nc2nnc(C3CCCCC3)s2)CC1. The van der Waals surface area contributed by atoms with Crippen molar-refractivity contribution in [1.82, 2.24) is 15.1 Å². The molecule has 8 heteroatoms. The fraction of sp³-hybridized carbons (Fsp3) is 0.765. The van der Waals surface area contributed by atoms with Gasteiger partial charge in [0.15, 0.2) is 0 Å². The van der Waals surface area contributed by atoms with Gasteiger partial charge in [0.1, 0.15) is 5.01 Å². The monoisotopic (exact) mass is 366 g/mol. The summed E-state index contributed by atoms with van der Waals surface area (Å²) < 4.78 is 5.00. The second-order valence-electron chi connectivity index (χ2n) is 6.73. The highest BCUT2D eigenvalue weighted by Crippen LogP contribution is 2.35. The number of nitrogens with one attached hydrogen (secondary N) is 1. The second kappa shape index (κ2) is 8.60. The van der Waals surface area contributed by atoms with Crippen molar-refractivity contribution in [3.8, 4) is 0 Å². The van der Waals surface area contributed by atoms with E-state index in [1.165, 1.54) is 43.4 Å². The van der Waals surface area contributed by atoms with Crippen molar-refractivity contribution in [2.75, 3.05) is 25.0 Å². The number of carbonyl (C=O) groups excluding carboxylic acids is 2. The topological polar surface area (TPSA) is 84.4 Å². The van der Waals surface area contributed by atoms with Gasteiger partial charge in [-0.1, -0.05) is 30.6 Å². The second-order valence-corrected chi connectivity index (χ2v) is 7.74. The zero-order chi connectivity index (χ0) is 17.6. The van der Waals surface area contributed by atoms with Crippen LogP contribution in [0.1, 0.15) is 62.8 Å². The Balaban J connectivity index is 1.48. The molecule has 25 heavy (non-hydrogen) atoms. The lowest BCUT2D eigenvalue weighted by atomic mass is 9.90. The summed E-state index contributed by atoms with van der Waals surface area (Å²) in [6, 6.07) is 0. The lowest BCUT2D eigenvalue weighted by Crippen LogP contribution is -2.41. The third-order valence-corrected chi connectivity index (χ3v) is 6.02. The highest BCUT2D eigenvalue weighted by molar-refractivity contribution is 7.15. The van der Waals surface area contributed by atoms with Crippen LogP contribution in [0.4, 0.5) is 9.93 Å². The van der Waals surface area contributed by atoms with E-state index in [2.05, 4.69) is 15.5 Å². The Morgan fingerprint density at radius 1 is 1.16 bits per heavy atom. The van der Waals surface area contributed by atoms with Crippen LogP contribution in [0.15, 0.2) is 0 Å². The maximum atomic E-state index is 12.4. The van der Waals surface area contributed by atoms with Crippen LogP contribution in [0.5, 0.6) is 0 Å². The van der Waals surface area contributed by atoms with E-state index in [1.807, 2.05) is 0 Å². The van der Waals surface area contributed by atoms with Crippen molar-refractivity contribution < 1.29 is 14.3 Å². The van der Waals surface area contributed by atoms with Crippen LogP contribution in [0.25, 0.3) is 0 Å². The molecule has 1 aliphatic carbocycles. The van der Waals surface area contributed by atoms with E-state index in [0.717, 1.165) is 5.01 Å². The lowest BCUT2D eigenvalue weighted by molar-refractivity contribution is -0.121. The van der Waals surface area contributed by atoms with Crippen molar-refractivity contribution in [2.24, 2.45) is 5.92 Å². The smallest absolute Gasteiger partial charge is 0.409 e. The number of ether oxygens (including phenoxy) is 1. The van der Waals surface area contributed by atoms with Crippen LogP contribution in [-0.4, -0.2) is 46.8 Å². The number of nitrogens with zero attached hydrogens (tertiary/aromatic N) is 3. The minimum Gasteiger partial charge on any atom is -0.450 e. The maximum Gasteiger partial charge on any atom is 0.409 e. The Morgan fingerprint density at radius 2 is 1.88 bits per heavy atom. The summed E-state index contributed by atoms with van der Waals surface area (Å²) in [5, 5.41) is 13.0. The van der Waals surface area contributed by atoms with E-state index in [9.17, 15) is 9.59 Å². The molecule has 1 aromatic rings. The number of carbonyl (C=O) groups is 2. The van der Waals surface area contributed by atoms with E-state index < -0.39 is 0 Å². The van der Waals surface area contributed by atoms with Gasteiger partial charge in [-0.2, -0.15) is 0 Å². The third-order valence-electron chi connectivity index (χ3n) is 5.02. The van der Waals surface area contributed by atoms with Gasteiger partial charge in [-0.25, -0.2) is 4.79 Å². The molecule has 2 aliphatic rings. The van der Waals surface area contributed by atoms with E-state index in [4.69, 9.17) is 4.74 Å². The first-order valence-corrected chi connectivity index (χ1v) is 10.0. The van der Waals surface area contributed by atoms with Crippen LogP contribution >= 0.6 is 11.3 Å². The van der Waals surface area contributed by atoms with Gasteiger partial charge in [0.25, 0.3) is 0 Å². The fourth-order valence-corrected chi connectivity index (χ4v) is 4.46. The van der Waals surface area contributed by atoms with E-state index in [1.54, 1.807) is 11.8 Å². The number of anilines is 1. The molecule has 0 spiro atoms. The summed E-state index contributed by atoms with van der Waals surface area (Å²) in [6.45, 7) is 3.28. The number of piperidine rings is 1. The largest absolute Gasteiger partial charge is 0.450 e. The molecule has 0 unspecified atom stereocenters. The number of likely N-dealkylation sites (tertiary alicyclic amines) is 1. The van der Waals surface area contributed by atoms with Crippen molar-refractivity contribution in [2.45, 2.75) is 57.8 Å². The minimum absolute atomic E-state index is 0.0187. The van der Waals surface area contributed by atoms with Crippen molar-refractivity contribution >= 4 is 28.5 Å². The molecule has 1 aliphatic heterocycles. The fourth-order valence-electron chi connectivity index (χ4n) is 3.55. The standard InChI is InChI=1S/C17H26N4O3S/c1-2-24-17(23)21-10-8-12(9-11-21)14(22)18-16-20-19-15(25-16)13-6-4-3-5-7-13/h12-13H,2-11H2,1H3,(H,18,20,22). The molecule has 1 N–H and O–H groups in total. The van der Waals surface area contributed by atoms with E-state index in [0.29, 0.717) is 43.6 Å². The van der Waals surface area contributed by atoms with Gasteiger partial charge >= 0.3 is 6.09 Å². The number of aromatic nitrogens is 2. The Bertz CT molecular complexity index is 592. The van der Waals surface area contributed by atoms with Crippen molar-refractivity contribution in [1.29, 1.82) is 0 Å². The van der Waals surface area contributed by atoms with Crippen molar-refractivity contribution in [3.63, 3.8) is 0 Å². The first-order chi connectivity index (χ1) is 12.2. The molecule has 3 rings (SSSR count). The van der Waals surface area contributed by atoms with Crippen LogP contribution in [0.2, 0.25) is 0 Å². The predicted octanol–water partition coefficient (Wildman–Crippen LogP) is 3.39. The molecule has 0 radical (unpaired) electrons. The van der Waals surface area contributed by atoms with Gasteiger partial charge in [0, 0.05) is 24.9 Å². The highest BCUT2D eigenvalue weighted by Gasteiger charge is 2.29. The van der Waals surface area contributed by atoms with Gasteiger partial charge in [0.2, 0.25) is 11.0 Å². The van der Waals surface area contributed by atoms with Crippen LogP contribution in [0.3, 0.4) is 0 Å². The molecule has 7 nitrogen and oxygen atoms in total. The van der Waals surface area contributed by atoms with Crippen molar-refractivity contribution in [3.05, 3.63) is 5.01 Å². The number of hydrogen-bond acceptors (Lipinski definition) is 6. The molecule has 1 aromatic heterocycles. The van der Waals surface area contributed by atoms with Crippen LogP contribution in [0, 0.1) is 5.92 Å². The molecule has 0 atom stereocenters. The van der Waals surface area contributed by atoms with Gasteiger partial charge < -0.3 is 15.0 Å². The predicted molar refractivity (Wildman–Crippen MR) is 95.7 cm³/mol. The van der Waals surface area contributed by atoms with Crippen LogP contribution < -0.4 is 5.32 Å². The average Bonchev–Trinajstić information content (AvgIpc) is 3.11. The number of hydrogen-bond donors (Lipinski definition) is 1. The van der Waals surface area contributed by atoms with Gasteiger partial charge in [-0.3, -0.25) is 4.79 Å². The Labute approximate surface area is 152 Å². The summed E-state index contributed by atoms with van der Waals surface area (Å²) in [6.07, 6.45) is 7.18. The molecule has 0 bridgehead atoms. The van der Waals surface area contributed by atoms with Crippen LogP contribution in [-0.2, 0) is 9.53 Å². The minimum atomic E-state index is -0.289. The molecule has 2 heterocycles. The zero-order valence-electron chi connectivity index (χ0n) is 14.7. The summed E-state index contributed by atoms with van der Waals surface area (Å²) in [7, 11) is 0. The molecule has 0 aromatic carbocycles. The maximum absolute atomic E-state index is 12.4. The molecule has 1 saturated heterocycles. The number of rotatable bonds is 4. The lowest BCUT2D eigenvalue weighted by Gasteiger charge is -2.30. The highest BCUT2D eigenvalue weighted by atomic mass is 32.1. The summed E-state index contributed by atoms with van der Waals surface area (Å²) >= 11 is 1.51. The molecular weight excluding hydrogens is 340 g/mol. The Kier molecular flexibility index (Phi) is 6.23. The Morgan fingerprint density at radius 3 is 2.56 bits per heavy atom. The first kappa shape index (κ1) is 18.1.